The molecule has 1 saturated heterocycles. The molecule has 160 valence electrons. The molecule has 4 rings (SSSR count). The van der Waals surface area contributed by atoms with Crippen LogP contribution in [0.2, 0.25) is 0 Å². The maximum Gasteiger partial charge on any atom is 0.245 e. The lowest BCUT2D eigenvalue weighted by Gasteiger charge is -2.42. The highest BCUT2D eigenvalue weighted by atomic mass is 16.6. The van der Waals surface area contributed by atoms with Crippen LogP contribution in [0.4, 0.5) is 17.3 Å². The van der Waals surface area contributed by atoms with Crippen molar-refractivity contribution >= 4 is 28.6 Å². The minimum absolute atomic E-state index is 0.204. The number of piperazine rings is 1. The molecule has 1 aliphatic rings. The quantitative estimate of drug-likeness (QED) is 0.553. The van der Waals surface area contributed by atoms with Gasteiger partial charge in [-0.25, -0.2) is 14.6 Å². The third-order valence-corrected chi connectivity index (χ3v) is 5.24. The molecular weight excluding hydrogens is 386 g/mol. The van der Waals surface area contributed by atoms with Crippen molar-refractivity contribution in [3.8, 4) is 5.75 Å². The van der Waals surface area contributed by atoms with Gasteiger partial charge in [0.1, 0.15) is 5.75 Å². The van der Waals surface area contributed by atoms with Gasteiger partial charge in [0, 0.05) is 45.9 Å². The van der Waals surface area contributed by atoms with E-state index >= 15 is 0 Å². The molecule has 1 atom stereocenters. The predicted octanol–water partition coefficient (Wildman–Crippen LogP) is 2.18. The van der Waals surface area contributed by atoms with Crippen molar-refractivity contribution in [3.05, 3.63) is 24.3 Å². The number of methoxy groups -OCH3 is 2. The van der Waals surface area contributed by atoms with Gasteiger partial charge < -0.3 is 24.6 Å². The Morgan fingerprint density at radius 3 is 2.70 bits per heavy atom. The second-order valence-corrected chi connectivity index (χ2v) is 7.24. The van der Waals surface area contributed by atoms with Crippen LogP contribution in [-0.2, 0) is 4.74 Å². The number of hydrogen-bond donors (Lipinski definition) is 1. The Morgan fingerprint density at radius 2 is 1.93 bits per heavy atom. The Bertz CT molecular complexity index is 980. The van der Waals surface area contributed by atoms with Crippen LogP contribution >= 0.6 is 0 Å². The number of fused-ring (bicyclic) bond motifs is 1. The summed E-state index contributed by atoms with van der Waals surface area (Å²) >= 11 is 0. The van der Waals surface area contributed by atoms with E-state index in [1.54, 1.807) is 14.2 Å². The Balaban J connectivity index is 1.56. The average molecular weight is 413 g/mol. The monoisotopic (exact) mass is 413 g/mol. The summed E-state index contributed by atoms with van der Waals surface area (Å²) in [5.74, 6) is 2.34. The molecule has 3 aromatic rings. The second-order valence-electron chi connectivity index (χ2n) is 7.24. The van der Waals surface area contributed by atoms with Crippen molar-refractivity contribution in [2.24, 2.45) is 0 Å². The maximum atomic E-state index is 5.54. The summed E-state index contributed by atoms with van der Waals surface area (Å²) in [6.45, 7) is 6.05. The van der Waals surface area contributed by atoms with E-state index in [9.17, 15) is 0 Å². The van der Waals surface area contributed by atoms with Crippen LogP contribution in [0.15, 0.2) is 28.9 Å². The minimum Gasteiger partial charge on any atom is -0.495 e. The standard InChI is InChI=1S/C20H27N7O3/c1-14-13-26(15-7-4-5-8-16(15)29-3)10-11-27(14)20-19(21-9-6-12-28-2)22-17-18(23-20)25-30-24-17/h4-5,7-8,14H,6,9-13H2,1-3H3,(H,21,22,24)/t14-/m0/s1. The lowest BCUT2D eigenvalue weighted by molar-refractivity contribution is 0.198. The zero-order valence-electron chi connectivity index (χ0n) is 17.5. The Kier molecular flexibility index (Phi) is 6.12. The number of nitrogens with one attached hydrogen (secondary N) is 1. The molecule has 10 nitrogen and oxygen atoms in total. The van der Waals surface area contributed by atoms with Gasteiger partial charge in [0.05, 0.1) is 12.8 Å². The third-order valence-electron chi connectivity index (χ3n) is 5.24. The summed E-state index contributed by atoms with van der Waals surface area (Å²) in [6, 6.07) is 8.31. The van der Waals surface area contributed by atoms with Crippen LogP contribution in [0.1, 0.15) is 13.3 Å². The fraction of sp³-hybridized carbons (Fsp3) is 0.500. The number of nitrogens with zero attached hydrogens (tertiary/aromatic N) is 6. The van der Waals surface area contributed by atoms with Gasteiger partial charge in [-0.15, -0.1) is 0 Å². The van der Waals surface area contributed by atoms with Crippen LogP contribution in [-0.4, -0.2) is 73.3 Å². The van der Waals surface area contributed by atoms with Gasteiger partial charge >= 0.3 is 0 Å². The number of para-hydroxylation sites is 2. The number of aromatic nitrogens is 4. The Morgan fingerprint density at radius 1 is 1.13 bits per heavy atom. The van der Waals surface area contributed by atoms with Crippen LogP contribution < -0.4 is 19.9 Å². The second kappa shape index (κ2) is 9.12. The van der Waals surface area contributed by atoms with Gasteiger partial charge in [-0.1, -0.05) is 12.1 Å². The summed E-state index contributed by atoms with van der Waals surface area (Å²) < 4.78 is 15.5. The molecule has 2 aromatic heterocycles. The number of hydrogen-bond acceptors (Lipinski definition) is 10. The van der Waals surface area contributed by atoms with Gasteiger partial charge in [-0.3, -0.25) is 0 Å². The van der Waals surface area contributed by atoms with Crippen LogP contribution in [0.25, 0.3) is 11.3 Å². The lowest BCUT2D eigenvalue weighted by Crippen LogP contribution is -2.52. The minimum atomic E-state index is 0.204. The molecule has 0 radical (unpaired) electrons. The van der Waals surface area contributed by atoms with Crippen molar-refractivity contribution in [2.75, 3.05) is 62.1 Å². The maximum absolute atomic E-state index is 5.54. The van der Waals surface area contributed by atoms with Gasteiger partial charge in [0.15, 0.2) is 11.6 Å². The van der Waals surface area contributed by atoms with E-state index < -0.39 is 0 Å². The lowest BCUT2D eigenvalue weighted by atomic mass is 10.1. The molecule has 0 bridgehead atoms. The number of rotatable bonds is 8. The van der Waals surface area contributed by atoms with E-state index in [1.165, 1.54) is 0 Å². The molecule has 1 aromatic carbocycles. The summed E-state index contributed by atoms with van der Waals surface area (Å²) in [6.07, 6.45) is 0.865. The van der Waals surface area contributed by atoms with Crippen LogP contribution in [0.5, 0.6) is 5.75 Å². The third kappa shape index (κ3) is 4.09. The van der Waals surface area contributed by atoms with Gasteiger partial charge in [-0.05, 0) is 35.8 Å². The van der Waals surface area contributed by atoms with Gasteiger partial charge in [0.2, 0.25) is 11.3 Å². The van der Waals surface area contributed by atoms with Crippen molar-refractivity contribution in [2.45, 2.75) is 19.4 Å². The van der Waals surface area contributed by atoms with E-state index in [2.05, 4.69) is 43.4 Å². The average Bonchev–Trinajstić information content (AvgIpc) is 3.23. The molecule has 1 N–H and O–H groups in total. The van der Waals surface area contributed by atoms with Gasteiger partial charge in [0.25, 0.3) is 0 Å². The fourth-order valence-corrected chi connectivity index (χ4v) is 3.75. The number of anilines is 3. The first-order valence-corrected chi connectivity index (χ1v) is 10.1. The highest BCUT2D eigenvalue weighted by molar-refractivity contribution is 5.74. The predicted molar refractivity (Wildman–Crippen MR) is 114 cm³/mol. The highest BCUT2D eigenvalue weighted by Gasteiger charge is 2.29. The summed E-state index contributed by atoms with van der Waals surface area (Å²) in [7, 11) is 3.40. The Labute approximate surface area is 175 Å². The molecule has 0 unspecified atom stereocenters. The van der Waals surface area contributed by atoms with E-state index in [0.717, 1.165) is 49.9 Å². The first-order valence-electron chi connectivity index (χ1n) is 10.1. The van der Waals surface area contributed by atoms with E-state index in [-0.39, 0.29) is 6.04 Å². The van der Waals surface area contributed by atoms with Crippen molar-refractivity contribution < 1.29 is 14.1 Å². The summed E-state index contributed by atoms with van der Waals surface area (Å²) in [5, 5.41) is 11.1. The molecule has 30 heavy (non-hydrogen) atoms. The molecule has 0 spiro atoms. The zero-order valence-corrected chi connectivity index (χ0v) is 17.5. The molecule has 1 aliphatic heterocycles. The largest absolute Gasteiger partial charge is 0.495 e. The topological polar surface area (TPSA) is 102 Å². The highest BCUT2D eigenvalue weighted by Crippen LogP contribution is 2.32. The molecule has 3 heterocycles. The van der Waals surface area contributed by atoms with E-state index in [4.69, 9.17) is 19.1 Å². The van der Waals surface area contributed by atoms with E-state index in [1.807, 2.05) is 18.2 Å². The smallest absolute Gasteiger partial charge is 0.245 e. The van der Waals surface area contributed by atoms with Crippen molar-refractivity contribution in [3.63, 3.8) is 0 Å². The molecule has 0 amide bonds. The molecule has 0 aliphatic carbocycles. The number of benzene rings is 1. The normalized spacial score (nSPS) is 16.8. The molecule has 10 heteroatoms. The summed E-state index contributed by atoms with van der Waals surface area (Å²) in [5.41, 5.74) is 1.91. The molecule has 1 fully saturated rings. The number of ether oxygens (including phenoxy) is 2. The van der Waals surface area contributed by atoms with E-state index in [0.29, 0.717) is 23.7 Å². The van der Waals surface area contributed by atoms with Crippen molar-refractivity contribution in [1.29, 1.82) is 0 Å². The Hall–Kier alpha value is -3.14. The molecule has 0 saturated carbocycles. The van der Waals surface area contributed by atoms with Crippen LogP contribution in [0, 0.1) is 0 Å². The first-order chi connectivity index (χ1) is 14.7. The zero-order chi connectivity index (χ0) is 20.9. The first kappa shape index (κ1) is 20.1. The fourth-order valence-electron chi connectivity index (χ4n) is 3.75. The van der Waals surface area contributed by atoms with Crippen molar-refractivity contribution in [1.82, 2.24) is 20.3 Å². The SMILES string of the molecule is COCCCNc1nc2nonc2nc1N1CCN(c2ccccc2OC)C[C@@H]1C. The summed E-state index contributed by atoms with van der Waals surface area (Å²) in [4.78, 5) is 13.9. The van der Waals surface area contributed by atoms with Gasteiger partial charge in [-0.2, -0.15) is 0 Å². The van der Waals surface area contributed by atoms with Crippen LogP contribution in [0.3, 0.4) is 0 Å². The molecular formula is C20H27N7O3.